The van der Waals surface area contributed by atoms with E-state index in [0.29, 0.717) is 0 Å². The molecule has 0 unspecified atom stereocenters. The van der Waals surface area contributed by atoms with Gasteiger partial charge in [0, 0.05) is 0 Å². The molecule has 4 heteroatoms. The Bertz CT molecular complexity index is 6.00. The summed E-state index contributed by atoms with van der Waals surface area (Å²) in [7, 11) is 0. The van der Waals surface area contributed by atoms with Crippen molar-refractivity contribution in [2.45, 2.75) is 0 Å². The van der Waals surface area contributed by atoms with Crippen LogP contribution in [0.5, 0.6) is 0 Å². The summed E-state index contributed by atoms with van der Waals surface area (Å²) in [4.78, 5) is 0. The fraction of sp³-hybridized carbons (Fsp3) is 0. The second-order valence-corrected chi connectivity index (χ2v) is 0. The Labute approximate surface area is 75.0 Å². The normalized spacial score (nSPS) is 0. The SMILES string of the molecule is Br.Br.[LiH].[MgH2]. The second kappa shape index (κ2) is 18.4. The van der Waals surface area contributed by atoms with Crippen molar-refractivity contribution in [1.82, 2.24) is 0 Å². The van der Waals surface area contributed by atoms with Gasteiger partial charge in [-0.3, -0.25) is 0 Å². The molecule has 0 atom stereocenters. The molecule has 0 bridgehead atoms. The maximum atomic E-state index is 0. The number of rotatable bonds is 0. The van der Waals surface area contributed by atoms with Crippen LogP contribution in [0, 0.1) is 0 Å². The molecular weight excluding hydrogens is 191 g/mol. The minimum absolute atomic E-state index is 0. The van der Waals surface area contributed by atoms with Crippen LogP contribution in [0.4, 0.5) is 0 Å². The van der Waals surface area contributed by atoms with Gasteiger partial charge in [0.05, 0.1) is 0 Å². The van der Waals surface area contributed by atoms with Gasteiger partial charge in [-0.2, -0.15) is 0 Å². The third-order valence-corrected chi connectivity index (χ3v) is 0. The largest absolute Gasteiger partial charge is 0.316 e. The van der Waals surface area contributed by atoms with Crippen molar-refractivity contribution in [2.75, 3.05) is 0 Å². The van der Waals surface area contributed by atoms with E-state index in [-0.39, 0.29) is 75.9 Å². The molecular formula is H5Br2LiMg. The number of halogens is 2. The summed E-state index contributed by atoms with van der Waals surface area (Å²) in [6, 6.07) is 0. The van der Waals surface area contributed by atoms with Crippen molar-refractivity contribution >= 4 is 75.9 Å². The summed E-state index contributed by atoms with van der Waals surface area (Å²) < 4.78 is 0. The Morgan fingerprint density at radius 2 is 0.750 bits per heavy atom. The first-order valence-electron chi connectivity index (χ1n) is 0. The van der Waals surface area contributed by atoms with E-state index in [4.69, 9.17) is 0 Å². The van der Waals surface area contributed by atoms with Crippen LogP contribution >= 0.6 is 34.0 Å². The summed E-state index contributed by atoms with van der Waals surface area (Å²) in [5, 5.41) is 0. The van der Waals surface area contributed by atoms with Gasteiger partial charge < -0.3 is 0 Å². The van der Waals surface area contributed by atoms with Gasteiger partial charge in [0.1, 0.15) is 0 Å². The van der Waals surface area contributed by atoms with Crippen molar-refractivity contribution in [1.29, 1.82) is 0 Å². The van der Waals surface area contributed by atoms with E-state index in [1.807, 2.05) is 0 Å². The zero-order valence-corrected chi connectivity index (χ0v) is 4.24. The smallest absolute Gasteiger partial charge is 0.316 e. The van der Waals surface area contributed by atoms with Crippen molar-refractivity contribution in [3.63, 3.8) is 0 Å². The van der Waals surface area contributed by atoms with E-state index in [9.17, 15) is 0 Å². The van der Waals surface area contributed by atoms with Crippen molar-refractivity contribution in [2.24, 2.45) is 0 Å². The first kappa shape index (κ1) is 33.2. The quantitative estimate of drug-likeness (QED) is 0.462. The van der Waals surface area contributed by atoms with E-state index in [0.717, 1.165) is 0 Å². The van der Waals surface area contributed by atoms with E-state index < -0.39 is 0 Å². The van der Waals surface area contributed by atoms with E-state index in [2.05, 4.69) is 0 Å². The van der Waals surface area contributed by atoms with Gasteiger partial charge in [-0.1, -0.05) is 0 Å². The zero-order chi connectivity index (χ0) is 0. The molecule has 4 heavy (non-hydrogen) atoms. The van der Waals surface area contributed by atoms with Crippen LogP contribution < -0.4 is 0 Å². The molecule has 0 nitrogen and oxygen atoms in total. The molecule has 0 radical (unpaired) electrons. The van der Waals surface area contributed by atoms with E-state index >= 15 is 0 Å². The van der Waals surface area contributed by atoms with Gasteiger partial charge in [0.15, 0.2) is 0 Å². The van der Waals surface area contributed by atoms with Gasteiger partial charge in [-0.05, 0) is 0 Å². The molecule has 0 rings (SSSR count). The molecule has 0 fully saturated rings. The molecule has 0 aromatic rings. The Morgan fingerprint density at radius 3 is 0.750 bits per heavy atom. The average Bonchev–Trinajstić information content (AvgIpc) is 0. The molecule has 0 aliphatic heterocycles. The Hall–Kier alpha value is 2.32. The van der Waals surface area contributed by atoms with Gasteiger partial charge in [0.2, 0.25) is 0 Å². The molecule has 0 aromatic heterocycles. The Morgan fingerprint density at radius 1 is 0.750 bits per heavy atom. The predicted octanol–water partition coefficient (Wildman–Crippen LogP) is -0.409. The Kier molecular flexibility index (Phi) is 153. The minimum atomic E-state index is 0. The average molecular weight is 196 g/mol. The van der Waals surface area contributed by atoms with Crippen LogP contribution in [-0.2, 0) is 0 Å². The van der Waals surface area contributed by atoms with Crippen LogP contribution in [0.2, 0.25) is 0 Å². The maximum absolute atomic E-state index is 0. The first-order chi connectivity index (χ1) is 0. The van der Waals surface area contributed by atoms with Crippen LogP contribution in [0.25, 0.3) is 0 Å². The molecule has 0 aliphatic carbocycles. The molecule has 0 N–H and O–H groups in total. The Balaban J connectivity index is 0. The van der Waals surface area contributed by atoms with Gasteiger partial charge in [-0.15, -0.1) is 34.0 Å². The summed E-state index contributed by atoms with van der Waals surface area (Å²) >= 11 is 0. The van der Waals surface area contributed by atoms with Crippen molar-refractivity contribution in [3.8, 4) is 0 Å². The van der Waals surface area contributed by atoms with E-state index in [1.165, 1.54) is 0 Å². The predicted molar refractivity (Wildman–Crippen MR) is 36.3 cm³/mol. The molecule has 0 saturated heterocycles. The molecule has 0 amide bonds. The molecule has 0 heterocycles. The van der Waals surface area contributed by atoms with Crippen LogP contribution in [0.3, 0.4) is 0 Å². The number of hydrogen-bond acceptors (Lipinski definition) is 0. The van der Waals surface area contributed by atoms with Crippen molar-refractivity contribution < 1.29 is 0 Å². The van der Waals surface area contributed by atoms with Crippen molar-refractivity contribution in [3.05, 3.63) is 0 Å². The summed E-state index contributed by atoms with van der Waals surface area (Å²) in [5.41, 5.74) is 0. The fourth-order valence-corrected chi connectivity index (χ4v) is 0. The van der Waals surface area contributed by atoms with Gasteiger partial charge >= 0.3 is 41.9 Å². The van der Waals surface area contributed by atoms with Gasteiger partial charge in [-0.25, -0.2) is 0 Å². The van der Waals surface area contributed by atoms with Gasteiger partial charge in [0.25, 0.3) is 0 Å². The zero-order valence-electron chi connectivity index (χ0n) is 0.816. The number of hydrogen-bond donors (Lipinski definition) is 0. The van der Waals surface area contributed by atoms with Crippen LogP contribution in [0.1, 0.15) is 0 Å². The standard InChI is InChI=1S/2BrH.Li.Mg.3H/h2*1H;;;;;. The fourth-order valence-electron chi connectivity index (χ4n) is 0. The molecule has 0 aromatic carbocycles. The molecule has 0 spiro atoms. The maximum Gasteiger partial charge on any atom is 0.316 e. The summed E-state index contributed by atoms with van der Waals surface area (Å²) in [6.07, 6.45) is 0. The molecule has 0 saturated carbocycles. The van der Waals surface area contributed by atoms with E-state index in [1.54, 1.807) is 0 Å². The summed E-state index contributed by atoms with van der Waals surface area (Å²) in [5.74, 6) is 0. The third kappa shape index (κ3) is 8.85. The minimum Gasteiger partial charge on any atom is 0.316 e. The van der Waals surface area contributed by atoms with Crippen LogP contribution in [0.15, 0.2) is 0 Å². The molecule has 0 aliphatic rings. The third-order valence-electron chi connectivity index (χ3n) is 0. The molecule has 22 valence electrons. The first-order valence-corrected chi connectivity index (χ1v) is 0. The topological polar surface area (TPSA) is 0 Å². The van der Waals surface area contributed by atoms with Crippen LogP contribution in [-0.4, -0.2) is 41.9 Å². The monoisotopic (exact) mass is 194 g/mol. The summed E-state index contributed by atoms with van der Waals surface area (Å²) in [6.45, 7) is 0. The second-order valence-electron chi connectivity index (χ2n) is 0.